The Balaban J connectivity index is 2.33. The van der Waals surface area contributed by atoms with Gasteiger partial charge < -0.3 is 5.32 Å². The van der Waals surface area contributed by atoms with Gasteiger partial charge in [0.2, 0.25) is 0 Å². The molecule has 0 atom stereocenters. The van der Waals surface area contributed by atoms with Gasteiger partial charge in [0.15, 0.2) is 0 Å². The SMILES string of the molecule is Cc1nc(Cl)ccc1NC(=O)c1ccccc1C(F)(F)F. The predicted molar refractivity (Wildman–Crippen MR) is 73.4 cm³/mol. The maximum Gasteiger partial charge on any atom is 0.417 e. The number of nitrogens with one attached hydrogen (secondary N) is 1. The molecule has 7 heteroatoms. The van der Waals surface area contributed by atoms with Crippen LogP contribution in [0.3, 0.4) is 0 Å². The second-order valence-corrected chi connectivity index (χ2v) is 4.65. The third-order valence-electron chi connectivity index (χ3n) is 2.78. The third-order valence-corrected chi connectivity index (χ3v) is 2.99. The Morgan fingerprint density at radius 1 is 1.19 bits per heavy atom. The van der Waals surface area contributed by atoms with Gasteiger partial charge in [-0.25, -0.2) is 4.98 Å². The number of rotatable bonds is 2. The number of hydrogen-bond donors (Lipinski definition) is 1. The molecule has 0 aliphatic heterocycles. The first-order chi connectivity index (χ1) is 9.79. The number of alkyl halides is 3. The van der Waals surface area contributed by atoms with E-state index >= 15 is 0 Å². The van der Waals surface area contributed by atoms with E-state index in [2.05, 4.69) is 10.3 Å². The van der Waals surface area contributed by atoms with Crippen molar-refractivity contribution < 1.29 is 18.0 Å². The summed E-state index contributed by atoms with van der Waals surface area (Å²) in [6.45, 7) is 1.59. The summed E-state index contributed by atoms with van der Waals surface area (Å²) in [5, 5.41) is 2.64. The van der Waals surface area contributed by atoms with Gasteiger partial charge in [-0.1, -0.05) is 23.7 Å². The molecule has 3 nitrogen and oxygen atoms in total. The Morgan fingerprint density at radius 3 is 2.48 bits per heavy atom. The summed E-state index contributed by atoms with van der Waals surface area (Å²) < 4.78 is 38.6. The van der Waals surface area contributed by atoms with E-state index in [4.69, 9.17) is 11.6 Å². The first-order valence-corrected chi connectivity index (χ1v) is 6.27. The summed E-state index contributed by atoms with van der Waals surface area (Å²) in [6.07, 6.45) is -4.60. The number of amides is 1. The molecule has 0 spiro atoms. The zero-order chi connectivity index (χ0) is 15.6. The monoisotopic (exact) mass is 314 g/mol. The molecule has 0 saturated carbocycles. The fraction of sp³-hybridized carbons (Fsp3) is 0.143. The number of pyridine rings is 1. The van der Waals surface area contributed by atoms with Gasteiger partial charge in [0.1, 0.15) is 5.15 Å². The lowest BCUT2D eigenvalue weighted by Crippen LogP contribution is -2.19. The van der Waals surface area contributed by atoms with Crippen molar-refractivity contribution in [3.05, 3.63) is 58.4 Å². The van der Waals surface area contributed by atoms with E-state index in [0.717, 1.165) is 12.1 Å². The quantitative estimate of drug-likeness (QED) is 0.839. The van der Waals surface area contributed by atoms with Gasteiger partial charge in [-0.05, 0) is 31.2 Å². The molecule has 1 aromatic carbocycles. The summed E-state index contributed by atoms with van der Waals surface area (Å²) >= 11 is 5.68. The molecule has 1 aromatic heterocycles. The maximum atomic E-state index is 12.9. The molecule has 1 amide bonds. The molecule has 1 N–H and O–H groups in total. The molecule has 0 bridgehead atoms. The number of anilines is 1. The van der Waals surface area contributed by atoms with Crippen LogP contribution in [-0.4, -0.2) is 10.9 Å². The summed E-state index contributed by atoms with van der Waals surface area (Å²) in [4.78, 5) is 16.0. The highest BCUT2D eigenvalue weighted by Gasteiger charge is 2.34. The van der Waals surface area contributed by atoms with Crippen molar-refractivity contribution in [3.63, 3.8) is 0 Å². The highest BCUT2D eigenvalue weighted by Crippen LogP contribution is 2.32. The number of halogens is 4. The number of carbonyl (C=O) groups is 1. The van der Waals surface area contributed by atoms with E-state index in [1.165, 1.54) is 24.3 Å². The standard InChI is InChI=1S/C14H10ClF3N2O/c1-8-11(6-7-12(15)19-8)20-13(21)9-4-2-3-5-10(9)14(16,17)18/h2-7H,1H3,(H,20,21). The lowest BCUT2D eigenvalue weighted by Gasteiger charge is -2.13. The summed E-state index contributed by atoms with van der Waals surface area (Å²) in [5.41, 5.74) is -0.705. The lowest BCUT2D eigenvalue weighted by molar-refractivity contribution is -0.137. The largest absolute Gasteiger partial charge is 0.417 e. The lowest BCUT2D eigenvalue weighted by atomic mass is 10.1. The fourth-order valence-corrected chi connectivity index (χ4v) is 1.97. The van der Waals surface area contributed by atoms with Gasteiger partial charge in [-0.3, -0.25) is 4.79 Å². The number of aryl methyl sites for hydroxylation is 1. The molecule has 0 aliphatic rings. The Bertz CT molecular complexity index is 686. The van der Waals surface area contributed by atoms with Crippen molar-refractivity contribution in [3.8, 4) is 0 Å². The minimum atomic E-state index is -4.60. The van der Waals surface area contributed by atoms with Gasteiger partial charge in [-0.2, -0.15) is 13.2 Å². The number of benzene rings is 1. The molecular formula is C14H10ClF3N2O. The second-order valence-electron chi connectivity index (χ2n) is 4.26. The van der Waals surface area contributed by atoms with Crippen LogP contribution in [0, 0.1) is 6.92 Å². The highest BCUT2D eigenvalue weighted by molar-refractivity contribution is 6.29. The van der Waals surface area contributed by atoms with E-state index in [0.29, 0.717) is 11.4 Å². The van der Waals surface area contributed by atoms with E-state index < -0.39 is 23.2 Å². The van der Waals surface area contributed by atoms with Crippen LogP contribution < -0.4 is 5.32 Å². The van der Waals surface area contributed by atoms with E-state index in [-0.39, 0.29) is 5.15 Å². The van der Waals surface area contributed by atoms with Crippen LogP contribution in [0.15, 0.2) is 36.4 Å². The number of carbonyl (C=O) groups excluding carboxylic acids is 1. The van der Waals surface area contributed by atoms with Crippen LogP contribution in [0.25, 0.3) is 0 Å². The molecule has 21 heavy (non-hydrogen) atoms. The van der Waals surface area contributed by atoms with Crippen molar-refractivity contribution >= 4 is 23.2 Å². The summed E-state index contributed by atoms with van der Waals surface area (Å²) in [5.74, 6) is -0.852. The number of aromatic nitrogens is 1. The van der Waals surface area contributed by atoms with Crippen LogP contribution >= 0.6 is 11.6 Å². The summed E-state index contributed by atoms with van der Waals surface area (Å²) in [7, 11) is 0. The van der Waals surface area contributed by atoms with Crippen LogP contribution in [0.5, 0.6) is 0 Å². The van der Waals surface area contributed by atoms with Crippen molar-refractivity contribution in [1.82, 2.24) is 4.98 Å². The smallest absolute Gasteiger partial charge is 0.320 e. The molecule has 0 aliphatic carbocycles. The fourth-order valence-electron chi connectivity index (χ4n) is 1.78. The minimum Gasteiger partial charge on any atom is -0.320 e. The molecule has 110 valence electrons. The van der Waals surface area contributed by atoms with E-state index in [9.17, 15) is 18.0 Å². The maximum absolute atomic E-state index is 12.9. The Labute approximate surface area is 123 Å². The molecule has 0 saturated heterocycles. The van der Waals surface area contributed by atoms with Crippen molar-refractivity contribution in [2.24, 2.45) is 0 Å². The minimum absolute atomic E-state index is 0.237. The highest BCUT2D eigenvalue weighted by atomic mass is 35.5. The van der Waals surface area contributed by atoms with Gasteiger partial charge >= 0.3 is 6.18 Å². The van der Waals surface area contributed by atoms with Crippen molar-refractivity contribution in [2.75, 3.05) is 5.32 Å². The Morgan fingerprint density at radius 2 is 1.86 bits per heavy atom. The molecule has 0 unspecified atom stereocenters. The molecule has 0 radical (unpaired) electrons. The third kappa shape index (κ3) is 3.52. The summed E-state index contributed by atoms with van der Waals surface area (Å²) in [6, 6.07) is 7.52. The predicted octanol–water partition coefficient (Wildman–Crippen LogP) is 4.31. The molecular weight excluding hydrogens is 305 g/mol. The topological polar surface area (TPSA) is 42.0 Å². The van der Waals surface area contributed by atoms with Crippen LogP contribution in [0.1, 0.15) is 21.6 Å². The van der Waals surface area contributed by atoms with Gasteiger partial charge in [0, 0.05) is 0 Å². The van der Waals surface area contributed by atoms with Crippen LogP contribution in [0.2, 0.25) is 5.15 Å². The Kier molecular flexibility index (Phi) is 4.18. The van der Waals surface area contributed by atoms with E-state index in [1.807, 2.05) is 0 Å². The zero-order valence-electron chi connectivity index (χ0n) is 10.8. The van der Waals surface area contributed by atoms with Crippen LogP contribution in [0.4, 0.5) is 18.9 Å². The number of nitrogens with zero attached hydrogens (tertiary/aromatic N) is 1. The molecule has 1 heterocycles. The average Bonchev–Trinajstić information content (AvgIpc) is 2.41. The van der Waals surface area contributed by atoms with Crippen LogP contribution in [-0.2, 0) is 6.18 Å². The van der Waals surface area contributed by atoms with Crippen molar-refractivity contribution in [2.45, 2.75) is 13.1 Å². The average molecular weight is 315 g/mol. The van der Waals surface area contributed by atoms with Gasteiger partial charge in [0.25, 0.3) is 5.91 Å². The van der Waals surface area contributed by atoms with Gasteiger partial charge in [-0.15, -0.1) is 0 Å². The second kappa shape index (κ2) is 5.73. The molecule has 0 fully saturated rings. The first-order valence-electron chi connectivity index (χ1n) is 5.90. The number of hydrogen-bond acceptors (Lipinski definition) is 2. The van der Waals surface area contributed by atoms with Gasteiger partial charge in [0.05, 0.1) is 22.5 Å². The van der Waals surface area contributed by atoms with E-state index in [1.54, 1.807) is 6.92 Å². The molecule has 2 rings (SSSR count). The molecule has 2 aromatic rings. The first kappa shape index (κ1) is 15.3. The zero-order valence-corrected chi connectivity index (χ0v) is 11.6. The van der Waals surface area contributed by atoms with Crippen molar-refractivity contribution in [1.29, 1.82) is 0 Å². The Hall–Kier alpha value is -2.08. The normalized spacial score (nSPS) is 11.3.